The summed E-state index contributed by atoms with van der Waals surface area (Å²) in [5.74, 6) is 0.210. The fourth-order valence-corrected chi connectivity index (χ4v) is 2.49. The van der Waals surface area contributed by atoms with E-state index in [1.807, 2.05) is 31.2 Å². The van der Waals surface area contributed by atoms with E-state index in [0.717, 1.165) is 11.3 Å². The molecule has 2 aromatic rings. The second-order valence-electron chi connectivity index (χ2n) is 5.47. The van der Waals surface area contributed by atoms with Crippen LogP contribution in [0.4, 0.5) is 11.6 Å². The van der Waals surface area contributed by atoms with Gasteiger partial charge in [-0.1, -0.05) is 12.1 Å². The number of nitrogens with zero attached hydrogens (tertiary/aromatic N) is 3. The molecule has 0 fully saturated rings. The van der Waals surface area contributed by atoms with E-state index in [1.54, 1.807) is 11.6 Å². The predicted molar refractivity (Wildman–Crippen MR) is 81.3 cm³/mol. The molecular weight excluding hydrogens is 282 g/mol. The summed E-state index contributed by atoms with van der Waals surface area (Å²) in [5, 5.41) is 9.69. The van der Waals surface area contributed by atoms with E-state index in [1.165, 1.54) is 0 Å². The maximum absolute atomic E-state index is 12.1. The van der Waals surface area contributed by atoms with Crippen LogP contribution in [0, 0.1) is 19.8 Å². The Hall–Kier alpha value is -2.70. The highest BCUT2D eigenvalue weighted by Gasteiger charge is 2.29. The van der Waals surface area contributed by atoms with Crippen LogP contribution in [-0.2, 0) is 16.1 Å². The van der Waals surface area contributed by atoms with Crippen LogP contribution in [-0.4, -0.2) is 26.6 Å². The first-order valence-electron chi connectivity index (χ1n) is 7.10. The number of rotatable bonds is 3. The van der Waals surface area contributed by atoms with Gasteiger partial charge in [0.1, 0.15) is 5.82 Å². The number of aromatic nitrogens is 3. The zero-order chi connectivity index (χ0) is 15.7. The Kier molecular flexibility index (Phi) is 3.62. The lowest BCUT2D eigenvalue weighted by molar-refractivity contribution is -0.125. The number of carbonyl (C=O) groups is 2. The molecule has 0 bridgehead atoms. The Morgan fingerprint density at radius 2 is 2.27 bits per heavy atom. The number of hydrogen-bond donors (Lipinski definition) is 2. The fourth-order valence-electron chi connectivity index (χ4n) is 2.49. The lowest BCUT2D eigenvalue weighted by atomic mass is 10.0. The Morgan fingerprint density at radius 3 is 3.05 bits per heavy atom. The van der Waals surface area contributed by atoms with Crippen LogP contribution in [0.3, 0.4) is 0 Å². The van der Waals surface area contributed by atoms with E-state index in [0.29, 0.717) is 18.3 Å². The molecule has 7 heteroatoms. The zero-order valence-electron chi connectivity index (χ0n) is 12.5. The Bertz CT molecular complexity index is 737. The third kappa shape index (κ3) is 2.98. The lowest BCUT2D eigenvalue weighted by Crippen LogP contribution is -2.36. The Balaban J connectivity index is 1.65. The van der Waals surface area contributed by atoms with E-state index in [2.05, 4.69) is 20.7 Å². The topological polar surface area (TPSA) is 88.9 Å². The number of fused-ring (bicyclic) bond motifs is 1. The second-order valence-corrected chi connectivity index (χ2v) is 5.47. The number of benzene rings is 1. The van der Waals surface area contributed by atoms with Crippen molar-refractivity contribution in [3.8, 4) is 0 Å². The number of aryl methyl sites for hydroxylation is 2. The van der Waals surface area contributed by atoms with Crippen LogP contribution in [0.5, 0.6) is 0 Å². The maximum atomic E-state index is 12.1. The lowest BCUT2D eigenvalue weighted by Gasteiger charge is -2.21. The molecule has 22 heavy (non-hydrogen) atoms. The first-order valence-corrected chi connectivity index (χ1v) is 7.10. The van der Waals surface area contributed by atoms with E-state index in [9.17, 15) is 9.59 Å². The summed E-state index contributed by atoms with van der Waals surface area (Å²) in [4.78, 5) is 28.3. The quantitative estimate of drug-likeness (QED) is 0.898. The minimum Gasteiger partial charge on any atom is -0.326 e. The van der Waals surface area contributed by atoms with Crippen LogP contribution in [0.15, 0.2) is 24.3 Å². The smallest absolute Gasteiger partial charge is 0.232 e. The zero-order valence-corrected chi connectivity index (χ0v) is 12.5. The molecule has 3 rings (SSSR count). The summed E-state index contributed by atoms with van der Waals surface area (Å²) < 4.78 is 1.63. The molecule has 1 aromatic carbocycles. The third-order valence-corrected chi connectivity index (χ3v) is 3.51. The normalized spacial score (nSPS) is 16.8. The average molecular weight is 299 g/mol. The van der Waals surface area contributed by atoms with Crippen LogP contribution in [0.2, 0.25) is 0 Å². The molecule has 1 atom stereocenters. The van der Waals surface area contributed by atoms with Gasteiger partial charge in [0.15, 0.2) is 0 Å². The molecule has 7 nitrogen and oxygen atoms in total. The van der Waals surface area contributed by atoms with Crippen molar-refractivity contribution in [3.05, 3.63) is 35.7 Å². The van der Waals surface area contributed by atoms with E-state index < -0.39 is 5.92 Å². The van der Waals surface area contributed by atoms with Gasteiger partial charge in [0.05, 0.1) is 12.5 Å². The van der Waals surface area contributed by atoms with Crippen LogP contribution < -0.4 is 10.6 Å². The SMILES string of the molecule is Cc1cccc(NC(=O)CC2Cn3nc(C)nc3NC2=O)c1. The maximum Gasteiger partial charge on any atom is 0.232 e. The van der Waals surface area contributed by atoms with E-state index in [-0.39, 0.29) is 18.2 Å². The molecule has 0 saturated carbocycles. The molecular formula is C15H17N5O2. The van der Waals surface area contributed by atoms with Crippen molar-refractivity contribution >= 4 is 23.5 Å². The molecule has 1 aromatic heterocycles. The predicted octanol–water partition coefficient (Wildman–Crippen LogP) is 1.49. The molecule has 2 N–H and O–H groups in total. The number of amides is 2. The first-order chi connectivity index (χ1) is 10.5. The standard InChI is InChI=1S/C15H17N5O2/c1-9-4-3-5-12(6-9)17-13(21)7-11-8-20-15(18-14(11)22)16-10(2)19-20/h3-6,11H,7-8H2,1-2H3,(H,17,21)(H,16,18,19,22). The van der Waals surface area contributed by atoms with Crippen LogP contribution >= 0.6 is 0 Å². The summed E-state index contributed by atoms with van der Waals surface area (Å²) in [7, 11) is 0. The van der Waals surface area contributed by atoms with Crippen molar-refractivity contribution in [1.82, 2.24) is 14.8 Å². The summed E-state index contributed by atoms with van der Waals surface area (Å²) >= 11 is 0. The molecule has 0 aliphatic carbocycles. The van der Waals surface area contributed by atoms with Gasteiger partial charge in [0.25, 0.3) is 0 Å². The van der Waals surface area contributed by atoms with Gasteiger partial charge >= 0.3 is 0 Å². The highest BCUT2D eigenvalue weighted by atomic mass is 16.2. The number of carbonyl (C=O) groups excluding carboxylic acids is 2. The van der Waals surface area contributed by atoms with E-state index >= 15 is 0 Å². The van der Waals surface area contributed by atoms with Crippen molar-refractivity contribution in [1.29, 1.82) is 0 Å². The van der Waals surface area contributed by atoms with Crippen molar-refractivity contribution < 1.29 is 9.59 Å². The molecule has 0 saturated heterocycles. The van der Waals surface area contributed by atoms with Crippen LogP contribution in [0.1, 0.15) is 17.8 Å². The van der Waals surface area contributed by atoms with Gasteiger partial charge in [-0.15, -0.1) is 0 Å². The van der Waals surface area contributed by atoms with Gasteiger partial charge in [0.2, 0.25) is 17.8 Å². The molecule has 1 unspecified atom stereocenters. The molecule has 1 aliphatic heterocycles. The van der Waals surface area contributed by atoms with Crippen LogP contribution in [0.25, 0.3) is 0 Å². The molecule has 2 amide bonds. The van der Waals surface area contributed by atoms with Crippen molar-refractivity contribution in [3.63, 3.8) is 0 Å². The summed E-state index contributed by atoms with van der Waals surface area (Å²) in [5.41, 5.74) is 1.80. The Morgan fingerprint density at radius 1 is 1.45 bits per heavy atom. The van der Waals surface area contributed by atoms with Gasteiger partial charge in [-0.2, -0.15) is 10.1 Å². The highest BCUT2D eigenvalue weighted by Crippen LogP contribution is 2.20. The molecule has 2 heterocycles. The van der Waals surface area contributed by atoms with Gasteiger partial charge in [-0.3, -0.25) is 14.9 Å². The monoisotopic (exact) mass is 299 g/mol. The summed E-state index contributed by atoms with van der Waals surface area (Å²) in [6.45, 7) is 4.08. The number of anilines is 2. The van der Waals surface area contributed by atoms with Crippen molar-refractivity contribution in [2.24, 2.45) is 5.92 Å². The van der Waals surface area contributed by atoms with Gasteiger partial charge in [0, 0.05) is 12.1 Å². The van der Waals surface area contributed by atoms with E-state index in [4.69, 9.17) is 0 Å². The second kappa shape index (κ2) is 5.59. The minimum absolute atomic E-state index is 0.109. The third-order valence-electron chi connectivity index (χ3n) is 3.51. The number of hydrogen-bond acceptors (Lipinski definition) is 4. The Labute approximate surface area is 127 Å². The highest BCUT2D eigenvalue weighted by molar-refractivity contribution is 5.98. The van der Waals surface area contributed by atoms with Gasteiger partial charge in [-0.25, -0.2) is 4.68 Å². The van der Waals surface area contributed by atoms with Crippen molar-refractivity contribution in [2.45, 2.75) is 26.8 Å². The number of nitrogens with one attached hydrogen (secondary N) is 2. The molecule has 0 radical (unpaired) electrons. The molecule has 0 spiro atoms. The summed E-state index contributed by atoms with van der Waals surface area (Å²) in [6, 6.07) is 7.55. The van der Waals surface area contributed by atoms with Crippen molar-refractivity contribution in [2.75, 3.05) is 10.6 Å². The van der Waals surface area contributed by atoms with Gasteiger partial charge in [-0.05, 0) is 31.5 Å². The molecule has 1 aliphatic rings. The molecule has 114 valence electrons. The summed E-state index contributed by atoms with van der Waals surface area (Å²) in [6.07, 6.45) is 0.109. The largest absolute Gasteiger partial charge is 0.326 e. The first kappa shape index (κ1) is 14.2. The average Bonchev–Trinajstić information content (AvgIpc) is 2.78. The fraction of sp³-hybridized carbons (Fsp3) is 0.333. The minimum atomic E-state index is -0.446. The van der Waals surface area contributed by atoms with Gasteiger partial charge < -0.3 is 5.32 Å².